The van der Waals surface area contributed by atoms with Crippen molar-refractivity contribution >= 4 is 5.91 Å². The molecule has 0 radical (unpaired) electrons. The fraction of sp³-hybridized carbons (Fsp3) is 0.529. The molecule has 2 heterocycles. The van der Waals surface area contributed by atoms with Gasteiger partial charge in [-0.15, -0.1) is 0 Å². The molecule has 24 heavy (non-hydrogen) atoms. The predicted octanol–water partition coefficient (Wildman–Crippen LogP) is 1.36. The third-order valence-electron chi connectivity index (χ3n) is 4.61. The summed E-state index contributed by atoms with van der Waals surface area (Å²) in [5, 5.41) is 7.34. The molecule has 1 aliphatic carbocycles. The Hall–Kier alpha value is -2.44. The van der Waals surface area contributed by atoms with E-state index in [1.807, 2.05) is 29.9 Å². The number of carbonyl (C=O) groups is 1. The van der Waals surface area contributed by atoms with E-state index in [1.54, 1.807) is 13.1 Å². The zero-order valence-electron chi connectivity index (χ0n) is 14.1. The summed E-state index contributed by atoms with van der Waals surface area (Å²) in [5.41, 5.74) is 1.06. The van der Waals surface area contributed by atoms with Gasteiger partial charge in [-0.1, -0.05) is 0 Å². The molecule has 0 atom stereocenters. The first-order chi connectivity index (χ1) is 11.5. The van der Waals surface area contributed by atoms with Gasteiger partial charge in [0.05, 0.1) is 6.04 Å². The minimum atomic E-state index is -0.370. The molecule has 0 spiro atoms. The van der Waals surface area contributed by atoms with Crippen LogP contribution in [0.3, 0.4) is 0 Å². The summed E-state index contributed by atoms with van der Waals surface area (Å²) in [6, 6.07) is 4.33. The predicted molar refractivity (Wildman–Crippen MR) is 89.6 cm³/mol. The topological polar surface area (TPSA) is 81.8 Å². The third kappa shape index (κ3) is 3.72. The van der Waals surface area contributed by atoms with Crippen molar-refractivity contribution in [2.75, 3.05) is 0 Å². The van der Waals surface area contributed by atoms with Gasteiger partial charge in [0.2, 0.25) is 5.91 Å². The second-order valence-electron chi connectivity index (χ2n) is 6.47. The standard InChI is InChI=1S/C17H23N5O2/c1-12-10-13(2)21(17(24)19-12)11-16(23)20-14-4-6-15(7-5-14)22-9-3-8-18-22/h3,8-10,14-15H,4-7,11H2,1-2H3,(H,20,23). The molecule has 2 aromatic rings. The maximum Gasteiger partial charge on any atom is 0.348 e. The molecular weight excluding hydrogens is 306 g/mol. The highest BCUT2D eigenvalue weighted by Gasteiger charge is 2.23. The molecule has 0 aliphatic heterocycles. The van der Waals surface area contributed by atoms with E-state index in [0.717, 1.165) is 31.4 Å². The summed E-state index contributed by atoms with van der Waals surface area (Å²) in [7, 11) is 0. The third-order valence-corrected chi connectivity index (χ3v) is 4.61. The molecule has 1 amide bonds. The Morgan fingerprint density at radius 3 is 2.67 bits per heavy atom. The van der Waals surface area contributed by atoms with Crippen molar-refractivity contribution in [3.05, 3.63) is 46.4 Å². The number of amides is 1. The van der Waals surface area contributed by atoms with Crippen molar-refractivity contribution in [1.29, 1.82) is 0 Å². The van der Waals surface area contributed by atoms with Crippen LogP contribution in [0.15, 0.2) is 29.3 Å². The Kier molecular flexibility index (Phi) is 4.78. The monoisotopic (exact) mass is 329 g/mol. The summed E-state index contributed by atoms with van der Waals surface area (Å²) >= 11 is 0. The van der Waals surface area contributed by atoms with Gasteiger partial charge in [0.15, 0.2) is 0 Å². The first-order valence-electron chi connectivity index (χ1n) is 8.36. The molecular formula is C17H23N5O2. The van der Waals surface area contributed by atoms with Gasteiger partial charge in [0, 0.05) is 29.8 Å². The number of nitrogens with zero attached hydrogens (tertiary/aromatic N) is 4. The molecule has 1 N–H and O–H groups in total. The van der Waals surface area contributed by atoms with Crippen molar-refractivity contribution in [3.8, 4) is 0 Å². The SMILES string of the molecule is Cc1cc(C)n(CC(=O)NC2CCC(n3cccn3)CC2)c(=O)n1. The summed E-state index contributed by atoms with van der Waals surface area (Å²) in [5.74, 6) is -0.131. The average Bonchev–Trinajstić information content (AvgIpc) is 3.06. The lowest BCUT2D eigenvalue weighted by Gasteiger charge is -2.29. The highest BCUT2D eigenvalue weighted by Crippen LogP contribution is 2.27. The maximum atomic E-state index is 12.3. The van der Waals surface area contributed by atoms with Crippen molar-refractivity contribution < 1.29 is 4.79 Å². The van der Waals surface area contributed by atoms with Crippen molar-refractivity contribution in [2.45, 2.75) is 58.2 Å². The summed E-state index contributed by atoms with van der Waals surface area (Å²) in [4.78, 5) is 28.1. The second kappa shape index (κ2) is 6.98. The molecule has 1 aliphatic rings. The average molecular weight is 329 g/mol. The molecule has 7 heteroatoms. The van der Waals surface area contributed by atoms with Crippen LogP contribution in [0.2, 0.25) is 0 Å². The van der Waals surface area contributed by atoms with Gasteiger partial charge in [-0.05, 0) is 51.7 Å². The molecule has 1 saturated carbocycles. The fourth-order valence-electron chi connectivity index (χ4n) is 3.37. The first kappa shape index (κ1) is 16.4. The van der Waals surface area contributed by atoms with Crippen LogP contribution in [-0.2, 0) is 11.3 Å². The Labute approximate surface area is 140 Å². The van der Waals surface area contributed by atoms with E-state index in [1.165, 1.54) is 4.57 Å². The van der Waals surface area contributed by atoms with E-state index in [2.05, 4.69) is 15.4 Å². The van der Waals surface area contributed by atoms with Crippen LogP contribution in [0.1, 0.15) is 43.1 Å². The van der Waals surface area contributed by atoms with E-state index in [0.29, 0.717) is 11.7 Å². The minimum absolute atomic E-state index is 0.0248. The maximum absolute atomic E-state index is 12.3. The van der Waals surface area contributed by atoms with E-state index >= 15 is 0 Å². The van der Waals surface area contributed by atoms with Crippen LogP contribution < -0.4 is 11.0 Å². The molecule has 0 unspecified atom stereocenters. The fourth-order valence-corrected chi connectivity index (χ4v) is 3.37. The zero-order chi connectivity index (χ0) is 17.1. The Morgan fingerprint density at radius 1 is 1.29 bits per heavy atom. The molecule has 128 valence electrons. The Balaban J connectivity index is 1.54. The molecule has 1 fully saturated rings. The van der Waals surface area contributed by atoms with Crippen LogP contribution in [-0.4, -0.2) is 31.3 Å². The lowest BCUT2D eigenvalue weighted by Crippen LogP contribution is -2.41. The molecule has 7 nitrogen and oxygen atoms in total. The van der Waals surface area contributed by atoms with Crippen LogP contribution in [0.4, 0.5) is 0 Å². The van der Waals surface area contributed by atoms with E-state index in [-0.39, 0.29) is 24.2 Å². The van der Waals surface area contributed by atoms with Crippen molar-refractivity contribution in [2.24, 2.45) is 0 Å². The lowest BCUT2D eigenvalue weighted by molar-refractivity contribution is -0.122. The number of hydrogen-bond donors (Lipinski definition) is 1. The van der Waals surface area contributed by atoms with E-state index < -0.39 is 0 Å². The molecule has 3 rings (SSSR count). The largest absolute Gasteiger partial charge is 0.352 e. The summed E-state index contributed by atoms with van der Waals surface area (Å²) in [6.45, 7) is 3.62. The van der Waals surface area contributed by atoms with Gasteiger partial charge in [0.25, 0.3) is 0 Å². The number of hydrogen-bond acceptors (Lipinski definition) is 4. The van der Waals surface area contributed by atoms with Crippen LogP contribution in [0, 0.1) is 13.8 Å². The molecule has 0 bridgehead atoms. The minimum Gasteiger partial charge on any atom is -0.352 e. The van der Waals surface area contributed by atoms with Crippen molar-refractivity contribution in [1.82, 2.24) is 24.6 Å². The van der Waals surface area contributed by atoms with E-state index in [9.17, 15) is 9.59 Å². The highest BCUT2D eigenvalue weighted by molar-refractivity contribution is 5.76. The molecule has 0 aromatic carbocycles. The number of nitrogens with one attached hydrogen (secondary N) is 1. The zero-order valence-corrected chi connectivity index (χ0v) is 14.1. The van der Waals surface area contributed by atoms with Crippen LogP contribution >= 0.6 is 0 Å². The van der Waals surface area contributed by atoms with Gasteiger partial charge in [-0.2, -0.15) is 10.1 Å². The van der Waals surface area contributed by atoms with Gasteiger partial charge >= 0.3 is 5.69 Å². The van der Waals surface area contributed by atoms with Gasteiger partial charge in [0.1, 0.15) is 6.54 Å². The Bertz CT molecular complexity index is 758. The smallest absolute Gasteiger partial charge is 0.348 e. The number of carbonyl (C=O) groups excluding carboxylic acids is 1. The van der Waals surface area contributed by atoms with Gasteiger partial charge in [-0.3, -0.25) is 14.0 Å². The van der Waals surface area contributed by atoms with Gasteiger partial charge in [-0.25, -0.2) is 4.79 Å². The summed E-state index contributed by atoms with van der Waals surface area (Å²) < 4.78 is 3.41. The quantitative estimate of drug-likeness (QED) is 0.918. The first-order valence-corrected chi connectivity index (χ1v) is 8.36. The lowest BCUT2D eigenvalue weighted by atomic mass is 9.91. The van der Waals surface area contributed by atoms with E-state index in [4.69, 9.17) is 0 Å². The number of aryl methyl sites for hydroxylation is 2. The molecule has 2 aromatic heterocycles. The van der Waals surface area contributed by atoms with Crippen molar-refractivity contribution in [3.63, 3.8) is 0 Å². The summed E-state index contributed by atoms with van der Waals surface area (Å²) in [6.07, 6.45) is 7.63. The normalized spacial score (nSPS) is 20.8. The number of rotatable bonds is 4. The molecule has 0 saturated heterocycles. The van der Waals surface area contributed by atoms with Crippen LogP contribution in [0.5, 0.6) is 0 Å². The highest BCUT2D eigenvalue weighted by atomic mass is 16.2. The van der Waals surface area contributed by atoms with Crippen LogP contribution in [0.25, 0.3) is 0 Å². The second-order valence-corrected chi connectivity index (χ2v) is 6.47. The Morgan fingerprint density at radius 2 is 2.04 bits per heavy atom. The van der Waals surface area contributed by atoms with Gasteiger partial charge < -0.3 is 5.32 Å². The number of aromatic nitrogens is 4.